The third kappa shape index (κ3) is 27.7. The first kappa shape index (κ1) is 37.4. The summed E-state index contributed by atoms with van der Waals surface area (Å²) >= 11 is 0. The Balaban J connectivity index is 3.76. The van der Waals surface area contributed by atoms with Crippen molar-refractivity contribution in [2.75, 3.05) is 6.61 Å². The van der Waals surface area contributed by atoms with E-state index in [1.54, 1.807) is 6.08 Å². The maximum absolute atomic E-state index is 12.2. The highest BCUT2D eigenvalue weighted by molar-refractivity contribution is 5.76. The van der Waals surface area contributed by atoms with E-state index in [4.69, 9.17) is 0 Å². The quantitative estimate of drug-likeness (QED) is 0.0677. The van der Waals surface area contributed by atoms with Crippen LogP contribution in [0.1, 0.15) is 149 Å². The zero-order valence-corrected chi connectivity index (χ0v) is 25.6. The SMILES string of the molecule is CCC/C=C\C/C=C\CCCCCCCC(=O)NC(CO)C(O)/C=C/CC/C=C/CCCCCCCCCC. The van der Waals surface area contributed by atoms with E-state index in [0.717, 1.165) is 51.4 Å². The summed E-state index contributed by atoms with van der Waals surface area (Å²) in [4.78, 5) is 12.2. The molecule has 0 aromatic heterocycles. The van der Waals surface area contributed by atoms with Crippen LogP contribution in [0, 0.1) is 0 Å². The predicted molar refractivity (Wildman–Crippen MR) is 170 cm³/mol. The minimum atomic E-state index is -0.865. The molecule has 0 aliphatic heterocycles. The predicted octanol–water partition coefficient (Wildman–Crippen LogP) is 9.28. The van der Waals surface area contributed by atoms with Crippen molar-refractivity contribution in [3.05, 3.63) is 48.6 Å². The highest BCUT2D eigenvalue weighted by Gasteiger charge is 2.17. The van der Waals surface area contributed by atoms with Crippen molar-refractivity contribution in [1.29, 1.82) is 0 Å². The van der Waals surface area contributed by atoms with Crippen molar-refractivity contribution in [1.82, 2.24) is 5.32 Å². The molecule has 0 spiro atoms. The van der Waals surface area contributed by atoms with Gasteiger partial charge >= 0.3 is 0 Å². The number of rotatable bonds is 28. The van der Waals surface area contributed by atoms with Gasteiger partial charge in [-0.2, -0.15) is 0 Å². The van der Waals surface area contributed by atoms with E-state index in [2.05, 4.69) is 55.6 Å². The van der Waals surface area contributed by atoms with Gasteiger partial charge in [-0.05, 0) is 57.8 Å². The van der Waals surface area contributed by atoms with E-state index in [9.17, 15) is 15.0 Å². The summed E-state index contributed by atoms with van der Waals surface area (Å²) < 4.78 is 0. The number of unbranched alkanes of at least 4 members (excludes halogenated alkanes) is 15. The van der Waals surface area contributed by atoms with Gasteiger partial charge in [-0.3, -0.25) is 4.79 Å². The Kier molecular flexibility index (Phi) is 29.6. The second-order valence-electron chi connectivity index (χ2n) is 10.9. The average Bonchev–Trinajstić information content (AvgIpc) is 2.94. The Morgan fingerprint density at radius 2 is 1.13 bits per heavy atom. The standard InChI is InChI=1S/C35H63NO3/c1-3-5-7-9-11-13-15-17-19-20-22-24-26-28-30-34(38)33(32-37)36-35(39)31-29-27-25-23-21-18-16-14-12-10-8-6-4-2/h8,10,14,16,20,22,28,30,33-34,37-38H,3-7,9,11-13,15,17-19,21,23-27,29,31-32H2,1-2H3,(H,36,39)/b10-8-,16-14-,22-20+,30-28+. The Labute approximate surface area is 242 Å². The molecule has 0 saturated carbocycles. The number of allylic oxidation sites excluding steroid dienone is 7. The highest BCUT2D eigenvalue weighted by Crippen LogP contribution is 2.11. The maximum atomic E-state index is 12.2. The Morgan fingerprint density at radius 1 is 0.615 bits per heavy atom. The molecule has 0 saturated heterocycles. The van der Waals surface area contributed by atoms with Crippen LogP contribution in [-0.2, 0) is 4.79 Å². The zero-order chi connectivity index (χ0) is 28.7. The number of aliphatic hydroxyl groups is 2. The summed E-state index contributed by atoms with van der Waals surface area (Å²) in [5.74, 6) is -0.0931. The Hall–Kier alpha value is -1.65. The van der Waals surface area contributed by atoms with Crippen LogP contribution in [-0.4, -0.2) is 34.9 Å². The van der Waals surface area contributed by atoms with Crippen molar-refractivity contribution in [3.8, 4) is 0 Å². The lowest BCUT2D eigenvalue weighted by Gasteiger charge is -2.19. The third-order valence-electron chi connectivity index (χ3n) is 7.02. The summed E-state index contributed by atoms with van der Waals surface area (Å²) in [7, 11) is 0. The lowest BCUT2D eigenvalue weighted by Crippen LogP contribution is -2.45. The van der Waals surface area contributed by atoms with E-state index in [0.29, 0.717) is 6.42 Å². The fourth-order valence-electron chi connectivity index (χ4n) is 4.46. The van der Waals surface area contributed by atoms with Crippen molar-refractivity contribution < 1.29 is 15.0 Å². The van der Waals surface area contributed by atoms with Crippen LogP contribution >= 0.6 is 0 Å². The van der Waals surface area contributed by atoms with Gasteiger partial charge in [0.25, 0.3) is 0 Å². The van der Waals surface area contributed by atoms with Gasteiger partial charge < -0.3 is 15.5 Å². The van der Waals surface area contributed by atoms with Gasteiger partial charge in [0.15, 0.2) is 0 Å². The van der Waals surface area contributed by atoms with Gasteiger partial charge in [0, 0.05) is 6.42 Å². The van der Waals surface area contributed by atoms with E-state index in [1.165, 1.54) is 77.0 Å². The second-order valence-corrected chi connectivity index (χ2v) is 10.9. The lowest BCUT2D eigenvalue weighted by atomic mass is 10.1. The average molecular weight is 546 g/mol. The van der Waals surface area contributed by atoms with Crippen molar-refractivity contribution in [2.45, 2.75) is 161 Å². The van der Waals surface area contributed by atoms with Gasteiger partial charge in [-0.15, -0.1) is 0 Å². The molecule has 4 nitrogen and oxygen atoms in total. The van der Waals surface area contributed by atoms with Gasteiger partial charge in [0.2, 0.25) is 5.91 Å². The van der Waals surface area contributed by atoms with Gasteiger partial charge in [0.1, 0.15) is 0 Å². The van der Waals surface area contributed by atoms with Crippen LogP contribution in [0.5, 0.6) is 0 Å². The molecule has 0 radical (unpaired) electrons. The Bertz CT molecular complexity index is 638. The molecule has 4 heteroatoms. The minimum absolute atomic E-state index is 0.0931. The third-order valence-corrected chi connectivity index (χ3v) is 7.02. The molecule has 0 aromatic carbocycles. The summed E-state index contributed by atoms with van der Waals surface area (Å²) in [6.07, 6.45) is 40.4. The number of hydrogen-bond acceptors (Lipinski definition) is 3. The fourth-order valence-corrected chi connectivity index (χ4v) is 4.46. The molecule has 1 amide bonds. The van der Waals surface area contributed by atoms with Gasteiger partial charge in [-0.25, -0.2) is 0 Å². The molecular formula is C35H63NO3. The monoisotopic (exact) mass is 545 g/mol. The number of carbonyl (C=O) groups is 1. The topological polar surface area (TPSA) is 69.6 Å². The molecule has 0 aromatic rings. The summed E-state index contributed by atoms with van der Waals surface area (Å²) in [6, 6.07) is -0.644. The van der Waals surface area contributed by atoms with Crippen LogP contribution in [0.25, 0.3) is 0 Å². The number of nitrogens with one attached hydrogen (secondary N) is 1. The number of amides is 1. The first-order valence-electron chi connectivity index (χ1n) is 16.4. The largest absolute Gasteiger partial charge is 0.394 e. The molecule has 0 bridgehead atoms. The van der Waals surface area contributed by atoms with E-state index >= 15 is 0 Å². The molecule has 3 N–H and O–H groups in total. The molecule has 226 valence electrons. The smallest absolute Gasteiger partial charge is 0.220 e. The molecule has 0 fully saturated rings. The van der Waals surface area contributed by atoms with Crippen LogP contribution in [0.4, 0.5) is 0 Å². The molecule has 0 heterocycles. The summed E-state index contributed by atoms with van der Waals surface area (Å²) in [5, 5.41) is 22.8. The summed E-state index contributed by atoms with van der Waals surface area (Å²) in [5.41, 5.74) is 0. The number of hydrogen-bond donors (Lipinski definition) is 3. The van der Waals surface area contributed by atoms with Gasteiger partial charge in [-0.1, -0.05) is 133 Å². The van der Waals surface area contributed by atoms with Crippen LogP contribution < -0.4 is 5.32 Å². The molecule has 2 atom stereocenters. The minimum Gasteiger partial charge on any atom is -0.394 e. The molecule has 0 aliphatic rings. The fraction of sp³-hybridized carbons (Fsp3) is 0.743. The van der Waals surface area contributed by atoms with Crippen molar-refractivity contribution in [3.63, 3.8) is 0 Å². The number of aliphatic hydroxyl groups excluding tert-OH is 2. The first-order chi connectivity index (χ1) is 19.2. The molecule has 0 aliphatic carbocycles. The molecular weight excluding hydrogens is 482 g/mol. The van der Waals surface area contributed by atoms with E-state index < -0.39 is 12.1 Å². The van der Waals surface area contributed by atoms with Crippen LogP contribution in [0.2, 0.25) is 0 Å². The van der Waals surface area contributed by atoms with E-state index in [-0.39, 0.29) is 12.5 Å². The first-order valence-corrected chi connectivity index (χ1v) is 16.4. The zero-order valence-electron chi connectivity index (χ0n) is 25.6. The summed E-state index contributed by atoms with van der Waals surface area (Å²) in [6.45, 7) is 4.19. The normalized spacial score (nSPS) is 13.8. The lowest BCUT2D eigenvalue weighted by molar-refractivity contribution is -0.123. The Morgan fingerprint density at radius 3 is 1.74 bits per heavy atom. The maximum Gasteiger partial charge on any atom is 0.220 e. The van der Waals surface area contributed by atoms with Crippen molar-refractivity contribution in [2.24, 2.45) is 0 Å². The van der Waals surface area contributed by atoms with Crippen LogP contribution in [0.3, 0.4) is 0 Å². The van der Waals surface area contributed by atoms with Crippen LogP contribution in [0.15, 0.2) is 48.6 Å². The van der Waals surface area contributed by atoms with Gasteiger partial charge in [0.05, 0.1) is 18.8 Å². The molecule has 0 rings (SSSR count). The molecule has 39 heavy (non-hydrogen) atoms. The number of carbonyl (C=O) groups excluding carboxylic acids is 1. The van der Waals surface area contributed by atoms with E-state index in [1.807, 2.05) is 6.08 Å². The molecule has 2 unspecified atom stereocenters. The second kappa shape index (κ2) is 30.9. The highest BCUT2D eigenvalue weighted by atomic mass is 16.3. The van der Waals surface area contributed by atoms with Crippen molar-refractivity contribution >= 4 is 5.91 Å².